The standard InChI is InChI=1S/C9H7BrN4O4S/c10-6-1-2-7(8(5-6)14(15)16)13-19(17,18)9-3-4-11-12-9/h1-5,13H,(H,11,12). The van der Waals surface area contributed by atoms with E-state index in [2.05, 4.69) is 30.8 Å². The molecule has 0 radical (unpaired) electrons. The van der Waals surface area contributed by atoms with Crippen LogP contribution >= 0.6 is 15.9 Å². The molecule has 2 rings (SSSR count). The van der Waals surface area contributed by atoms with Gasteiger partial charge in [0.2, 0.25) is 0 Å². The van der Waals surface area contributed by atoms with Gasteiger partial charge in [-0.05, 0) is 18.2 Å². The zero-order valence-electron chi connectivity index (χ0n) is 9.20. The molecular formula is C9H7BrN4O4S. The number of anilines is 1. The second-order valence-electron chi connectivity index (χ2n) is 3.44. The lowest BCUT2D eigenvalue weighted by Gasteiger charge is -2.06. The summed E-state index contributed by atoms with van der Waals surface area (Å²) < 4.78 is 26.4. The first-order valence-electron chi connectivity index (χ1n) is 4.86. The van der Waals surface area contributed by atoms with E-state index in [1.165, 1.54) is 30.5 Å². The number of hydrogen-bond donors (Lipinski definition) is 2. The summed E-state index contributed by atoms with van der Waals surface area (Å²) in [5.74, 6) is 0. The molecule has 10 heteroatoms. The van der Waals surface area contributed by atoms with Crippen LogP contribution in [0.25, 0.3) is 0 Å². The van der Waals surface area contributed by atoms with Gasteiger partial charge in [0.25, 0.3) is 15.7 Å². The zero-order valence-corrected chi connectivity index (χ0v) is 11.6. The monoisotopic (exact) mass is 346 g/mol. The second kappa shape index (κ2) is 4.97. The molecule has 0 saturated heterocycles. The molecule has 1 aromatic carbocycles. The van der Waals surface area contributed by atoms with Gasteiger partial charge in [0, 0.05) is 10.5 Å². The highest BCUT2D eigenvalue weighted by atomic mass is 79.9. The number of halogens is 1. The van der Waals surface area contributed by atoms with Crippen LogP contribution in [-0.2, 0) is 10.0 Å². The predicted molar refractivity (Wildman–Crippen MR) is 70.2 cm³/mol. The molecule has 1 heterocycles. The van der Waals surface area contributed by atoms with E-state index < -0.39 is 14.9 Å². The molecule has 0 aliphatic rings. The van der Waals surface area contributed by atoms with Gasteiger partial charge in [-0.2, -0.15) is 13.5 Å². The number of nitro groups is 1. The van der Waals surface area contributed by atoms with Gasteiger partial charge >= 0.3 is 0 Å². The molecule has 2 aromatic rings. The molecule has 8 nitrogen and oxygen atoms in total. The number of nitrogens with one attached hydrogen (secondary N) is 2. The van der Waals surface area contributed by atoms with Crippen LogP contribution in [0.1, 0.15) is 0 Å². The maximum absolute atomic E-state index is 11.9. The number of rotatable bonds is 4. The summed E-state index contributed by atoms with van der Waals surface area (Å²) in [5.41, 5.74) is -0.472. The van der Waals surface area contributed by atoms with Gasteiger partial charge < -0.3 is 0 Å². The largest absolute Gasteiger partial charge is 0.294 e. The Morgan fingerprint density at radius 2 is 2.11 bits per heavy atom. The van der Waals surface area contributed by atoms with Crippen molar-refractivity contribution in [2.75, 3.05) is 4.72 Å². The number of H-pyrrole nitrogens is 1. The quantitative estimate of drug-likeness (QED) is 0.647. The number of nitro benzene ring substituents is 1. The molecule has 19 heavy (non-hydrogen) atoms. The average molecular weight is 347 g/mol. The minimum Gasteiger partial charge on any atom is -0.272 e. The van der Waals surface area contributed by atoms with Crippen molar-refractivity contribution in [3.05, 3.63) is 45.0 Å². The maximum atomic E-state index is 11.9. The molecule has 0 fully saturated rings. The lowest BCUT2D eigenvalue weighted by molar-refractivity contribution is -0.384. The van der Waals surface area contributed by atoms with Crippen molar-refractivity contribution in [2.24, 2.45) is 0 Å². The van der Waals surface area contributed by atoms with E-state index in [-0.39, 0.29) is 16.4 Å². The fourth-order valence-corrected chi connectivity index (χ4v) is 2.67. The molecular weight excluding hydrogens is 340 g/mol. The highest BCUT2D eigenvalue weighted by Crippen LogP contribution is 2.29. The molecule has 100 valence electrons. The predicted octanol–water partition coefficient (Wildman–Crippen LogP) is 1.88. The summed E-state index contributed by atoms with van der Waals surface area (Å²) in [5, 5.41) is 16.5. The topological polar surface area (TPSA) is 118 Å². The van der Waals surface area contributed by atoms with Crippen LogP contribution < -0.4 is 4.72 Å². The molecule has 0 unspecified atom stereocenters. The van der Waals surface area contributed by atoms with Crippen molar-refractivity contribution < 1.29 is 13.3 Å². The van der Waals surface area contributed by atoms with Crippen LogP contribution in [0.4, 0.5) is 11.4 Å². The normalized spacial score (nSPS) is 11.2. The maximum Gasteiger partial charge on any atom is 0.294 e. The Hall–Kier alpha value is -1.94. The molecule has 0 aliphatic carbocycles. The molecule has 0 bridgehead atoms. The molecule has 0 atom stereocenters. The average Bonchev–Trinajstić information content (AvgIpc) is 2.85. The Kier molecular flexibility index (Phi) is 3.53. The lowest BCUT2D eigenvalue weighted by Crippen LogP contribution is -2.14. The third-order valence-corrected chi connectivity index (χ3v) is 3.95. The highest BCUT2D eigenvalue weighted by Gasteiger charge is 2.21. The number of nitrogens with zero attached hydrogens (tertiary/aromatic N) is 2. The summed E-state index contributed by atoms with van der Waals surface area (Å²) in [6, 6.07) is 5.26. The van der Waals surface area contributed by atoms with E-state index >= 15 is 0 Å². The van der Waals surface area contributed by atoms with Gasteiger partial charge in [-0.25, -0.2) is 0 Å². The van der Waals surface area contributed by atoms with Crippen LogP contribution in [0.3, 0.4) is 0 Å². The van der Waals surface area contributed by atoms with Crippen LogP contribution in [-0.4, -0.2) is 23.5 Å². The Balaban J connectivity index is 2.42. The third-order valence-electron chi connectivity index (χ3n) is 2.17. The van der Waals surface area contributed by atoms with Gasteiger partial charge in [-0.15, -0.1) is 0 Å². The Labute approximate surface area is 116 Å². The van der Waals surface area contributed by atoms with E-state index in [0.717, 1.165) is 0 Å². The van der Waals surface area contributed by atoms with Gasteiger partial charge in [-0.3, -0.25) is 19.9 Å². The lowest BCUT2D eigenvalue weighted by atomic mass is 10.3. The summed E-state index contributed by atoms with van der Waals surface area (Å²) in [4.78, 5) is 10.2. The van der Waals surface area contributed by atoms with E-state index in [0.29, 0.717) is 4.47 Å². The number of aromatic amines is 1. The number of hydrogen-bond acceptors (Lipinski definition) is 5. The van der Waals surface area contributed by atoms with Crippen molar-refractivity contribution in [2.45, 2.75) is 5.03 Å². The van der Waals surface area contributed by atoms with Gasteiger partial charge in [0.05, 0.1) is 11.1 Å². The van der Waals surface area contributed by atoms with Crippen molar-refractivity contribution in [3.63, 3.8) is 0 Å². The van der Waals surface area contributed by atoms with Crippen molar-refractivity contribution >= 4 is 37.3 Å². The van der Waals surface area contributed by atoms with Crippen molar-refractivity contribution in [1.82, 2.24) is 10.2 Å². The third kappa shape index (κ3) is 2.90. The fourth-order valence-electron chi connectivity index (χ4n) is 1.33. The van der Waals surface area contributed by atoms with Crippen LogP contribution in [0.5, 0.6) is 0 Å². The van der Waals surface area contributed by atoms with Gasteiger partial charge in [0.1, 0.15) is 5.69 Å². The number of aromatic nitrogens is 2. The number of sulfonamides is 1. The van der Waals surface area contributed by atoms with Crippen LogP contribution in [0.15, 0.2) is 40.0 Å². The van der Waals surface area contributed by atoms with E-state index in [4.69, 9.17) is 0 Å². The van der Waals surface area contributed by atoms with E-state index in [9.17, 15) is 18.5 Å². The Morgan fingerprint density at radius 1 is 1.37 bits per heavy atom. The highest BCUT2D eigenvalue weighted by molar-refractivity contribution is 9.10. The summed E-state index contributed by atoms with van der Waals surface area (Å²) in [6.07, 6.45) is 1.27. The molecule has 0 amide bonds. The van der Waals surface area contributed by atoms with Crippen LogP contribution in [0, 0.1) is 10.1 Å². The van der Waals surface area contributed by atoms with E-state index in [1.54, 1.807) is 0 Å². The van der Waals surface area contributed by atoms with Crippen molar-refractivity contribution in [1.29, 1.82) is 0 Å². The summed E-state index contributed by atoms with van der Waals surface area (Å²) >= 11 is 3.09. The first-order valence-corrected chi connectivity index (χ1v) is 7.14. The molecule has 2 N–H and O–H groups in total. The van der Waals surface area contributed by atoms with Crippen molar-refractivity contribution in [3.8, 4) is 0 Å². The van der Waals surface area contributed by atoms with Gasteiger partial charge in [-0.1, -0.05) is 15.9 Å². The molecule has 0 spiro atoms. The Morgan fingerprint density at radius 3 is 2.68 bits per heavy atom. The Bertz CT molecular complexity index is 714. The number of benzene rings is 1. The zero-order chi connectivity index (χ0) is 14.0. The molecule has 1 aromatic heterocycles. The van der Waals surface area contributed by atoms with E-state index in [1.807, 2.05) is 0 Å². The summed E-state index contributed by atoms with van der Waals surface area (Å²) in [7, 11) is -3.93. The SMILES string of the molecule is O=[N+]([O-])c1cc(Br)ccc1NS(=O)(=O)c1ccn[nH]1. The summed E-state index contributed by atoms with van der Waals surface area (Å²) in [6.45, 7) is 0. The fraction of sp³-hybridized carbons (Fsp3) is 0. The van der Waals surface area contributed by atoms with Gasteiger partial charge in [0.15, 0.2) is 5.03 Å². The minimum absolute atomic E-state index is 0.122. The van der Waals surface area contributed by atoms with Crippen LogP contribution in [0.2, 0.25) is 0 Å². The first kappa shape index (κ1) is 13.5. The smallest absolute Gasteiger partial charge is 0.272 e. The first-order chi connectivity index (χ1) is 8.90. The minimum atomic E-state index is -3.93. The molecule has 0 aliphatic heterocycles. The molecule has 0 saturated carbocycles. The second-order valence-corrected chi connectivity index (χ2v) is 6.01.